The van der Waals surface area contributed by atoms with Crippen molar-refractivity contribution in [3.63, 3.8) is 0 Å². The highest BCUT2D eigenvalue weighted by Crippen LogP contribution is 2.02. The van der Waals surface area contributed by atoms with E-state index in [-0.39, 0.29) is 6.61 Å². The molecule has 7 heavy (non-hydrogen) atoms. The lowest BCUT2D eigenvalue weighted by Gasteiger charge is -1.83. The zero-order valence-electron chi connectivity index (χ0n) is 4.32. The second kappa shape index (κ2) is 4.59. The molecule has 0 aromatic carbocycles. The maximum atomic E-state index is 8.27. The van der Waals surface area contributed by atoms with Gasteiger partial charge in [0.1, 0.15) is 0 Å². The average Bonchev–Trinajstić information content (AvgIpc) is 1.61. The van der Waals surface area contributed by atoms with E-state index in [1.807, 2.05) is 13.0 Å². The number of aliphatic hydroxyl groups excluding tert-OH is 1. The predicted octanol–water partition coefficient (Wildman–Crippen LogP) is 1.71. The molecule has 0 aliphatic heterocycles. The van der Waals surface area contributed by atoms with Gasteiger partial charge in [-0.1, -0.05) is 6.08 Å². The minimum Gasteiger partial charge on any atom is -0.396 e. The number of hydrogen-bond acceptors (Lipinski definition) is 1. The zero-order chi connectivity index (χ0) is 5.70. The van der Waals surface area contributed by atoms with Crippen molar-refractivity contribution < 1.29 is 5.11 Å². The smallest absolute Gasteiger partial charge is 0.0465 e. The van der Waals surface area contributed by atoms with Crippen LogP contribution in [0.4, 0.5) is 0 Å². The van der Waals surface area contributed by atoms with Crippen molar-refractivity contribution in [1.82, 2.24) is 0 Å². The van der Waals surface area contributed by atoms with Crippen LogP contribution in [0.1, 0.15) is 13.3 Å². The van der Waals surface area contributed by atoms with Gasteiger partial charge in [0.2, 0.25) is 0 Å². The maximum Gasteiger partial charge on any atom is 0.0465 e. The summed E-state index contributed by atoms with van der Waals surface area (Å²) in [5, 5.41) is 8.27. The van der Waals surface area contributed by atoms with E-state index >= 15 is 0 Å². The second-order valence-corrected chi connectivity index (χ2v) is 3.00. The van der Waals surface area contributed by atoms with Crippen molar-refractivity contribution in [2.24, 2.45) is 0 Å². The molecule has 0 spiro atoms. The van der Waals surface area contributed by atoms with Gasteiger partial charge in [-0.3, -0.25) is 0 Å². The van der Waals surface area contributed by atoms with Crippen LogP contribution in [0.15, 0.2) is 9.66 Å². The number of halogens is 1. The molecule has 0 aromatic rings. The first-order valence-corrected chi connectivity index (χ1v) is 3.28. The molecule has 0 amide bonds. The van der Waals surface area contributed by atoms with Crippen LogP contribution in [0.2, 0.25) is 0 Å². The number of allylic oxidation sites excluding steroid dienone is 1. The van der Waals surface area contributed by atoms with Gasteiger partial charge in [-0.05, 0) is 39.5 Å². The molecule has 0 radical (unpaired) electrons. The quantitative estimate of drug-likeness (QED) is 0.690. The first kappa shape index (κ1) is 7.43. The van der Waals surface area contributed by atoms with Crippen LogP contribution >= 0.6 is 22.6 Å². The van der Waals surface area contributed by atoms with Crippen molar-refractivity contribution in [1.29, 1.82) is 0 Å². The Kier molecular flexibility index (Phi) is 4.87. The van der Waals surface area contributed by atoms with Gasteiger partial charge in [-0.2, -0.15) is 0 Å². The number of hydrogen-bond donors (Lipinski definition) is 1. The van der Waals surface area contributed by atoms with Crippen LogP contribution in [-0.2, 0) is 0 Å². The summed E-state index contributed by atoms with van der Waals surface area (Å²) < 4.78 is 1.24. The lowest BCUT2D eigenvalue weighted by molar-refractivity contribution is 0.302. The molecule has 2 heteroatoms. The van der Waals surface area contributed by atoms with E-state index in [0.717, 1.165) is 6.42 Å². The van der Waals surface area contributed by atoms with E-state index in [0.29, 0.717) is 0 Å². The summed E-state index contributed by atoms with van der Waals surface area (Å²) in [4.78, 5) is 0. The second-order valence-electron chi connectivity index (χ2n) is 1.30. The molecule has 0 aliphatic carbocycles. The molecule has 0 atom stereocenters. The van der Waals surface area contributed by atoms with Crippen LogP contribution < -0.4 is 0 Å². The van der Waals surface area contributed by atoms with E-state index in [2.05, 4.69) is 22.6 Å². The molecule has 0 saturated carbocycles. The van der Waals surface area contributed by atoms with Crippen molar-refractivity contribution >= 4 is 22.6 Å². The SMILES string of the molecule is C/C(I)=C/CCO. The Morgan fingerprint density at radius 2 is 2.43 bits per heavy atom. The molecule has 0 unspecified atom stereocenters. The van der Waals surface area contributed by atoms with Crippen molar-refractivity contribution in [3.05, 3.63) is 9.66 Å². The maximum absolute atomic E-state index is 8.27. The fourth-order valence-electron chi connectivity index (χ4n) is 0.263. The van der Waals surface area contributed by atoms with E-state index < -0.39 is 0 Å². The molecule has 0 aliphatic rings. The number of aliphatic hydroxyl groups is 1. The lowest BCUT2D eigenvalue weighted by Crippen LogP contribution is -1.74. The Hall–Kier alpha value is 0.430. The van der Waals surface area contributed by atoms with Gasteiger partial charge < -0.3 is 5.11 Å². The molecule has 1 nitrogen and oxygen atoms in total. The Labute approximate surface area is 57.6 Å². The van der Waals surface area contributed by atoms with E-state index in [9.17, 15) is 0 Å². The molecule has 0 rings (SSSR count). The normalized spacial score (nSPS) is 12.1. The summed E-state index contributed by atoms with van der Waals surface area (Å²) >= 11 is 2.22. The molecule has 1 N–H and O–H groups in total. The minimum atomic E-state index is 0.264. The van der Waals surface area contributed by atoms with Crippen molar-refractivity contribution in [2.75, 3.05) is 6.61 Å². The van der Waals surface area contributed by atoms with Crippen LogP contribution in [0, 0.1) is 0 Å². The Balaban J connectivity index is 3.08. The minimum absolute atomic E-state index is 0.264. The standard InChI is InChI=1S/C5H9IO/c1-5(6)3-2-4-7/h3,7H,2,4H2,1H3/b5-3-. The van der Waals surface area contributed by atoms with Crippen LogP contribution in [0.3, 0.4) is 0 Å². The van der Waals surface area contributed by atoms with Crippen molar-refractivity contribution in [2.45, 2.75) is 13.3 Å². The highest BCUT2D eigenvalue weighted by molar-refractivity contribution is 14.1. The van der Waals surface area contributed by atoms with Crippen LogP contribution in [0.25, 0.3) is 0 Å². The van der Waals surface area contributed by atoms with Crippen molar-refractivity contribution in [3.8, 4) is 0 Å². The first-order chi connectivity index (χ1) is 3.27. The third-order valence-electron chi connectivity index (χ3n) is 0.555. The van der Waals surface area contributed by atoms with Gasteiger partial charge in [0.05, 0.1) is 0 Å². The molecule has 42 valence electrons. The van der Waals surface area contributed by atoms with Gasteiger partial charge in [0.25, 0.3) is 0 Å². The largest absolute Gasteiger partial charge is 0.396 e. The van der Waals surface area contributed by atoms with E-state index in [1.165, 1.54) is 3.58 Å². The topological polar surface area (TPSA) is 20.2 Å². The lowest BCUT2D eigenvalue weighted by atomic mass is 10.4. The molecule has 0 fully saturated rings. The predicted molar refractivity (Wildman–Crippen MR) is 39.5 cm³/mol. The first-order valence-electron chi connectivity index (χ1n) is 2.20. The zero-order valence-corrected chi connectivity index (χ0v) is 6.47. The molecule has 0 bridgehead atoms. The fourth-order valence-corrected chi connectivity index (χ4v) is 0.575. The van der Waals surface area contributed by atoms with E-state index in [4.69, 9.17) is 5.11 Å². The van der Waals surface area contributed by atoms with Crippen LogP contribution in [0.5, 0.6) is 0 Å². The summed E-state index contributed by atoms with van der Waals surface area (Å²) in [7, 11) is 0. The molecule has 0 aromatic heterocycles. The summed E-state index contributed by atoms with van der Waals surface area (Å²) in [6, 6.07) is 0. The molecule has 0 saturated heterocycles. The van der Waals surface area contributed by atoms with Gasteiger partial charge in [0, 0.05) is 6.61 Å². The Morgan fingerprint density at radius 3 is 2.57 bits per heavy atom. The van der Waals surface area contributed by atoms with Gasteiger partial charge >= 0.3 is 0 Å². The van der Waals surface area contributed by atoms with Gasteiger partial charge in [-0.15, -0.1) is 0 Å². The van der Waals surface area contributed by atoms with Crippen LogP contribution in [-0.4, -0.2) is 11.7 Å². The molecular weight excluding hydrogens is 203 g/mol. The highest BCUT2D eigenvalue weighted by atomic mass is 127. The third kappa shape index (κ3) is 6.43. The molecule has 0 heterocycles. The summed E-state index contributed by atoms with van der Waals surface area (Å²) in [5.41, 5.74) is 0. The molecular formula is C5H9IO. The Morgan fingerprint density at radius 1 is 1.86 bits per heavy atom. The summed E-state index contributed by atoms with van der Waals surface area (Å²) in [5.74, 6) is 0. The highest BCUT2D eigenvalue weighted by Gasteiger charge is 1.75. The third-order valence-corrected chi connectivity index (χ3v) is 0.995. The van der Waals surface area contributed by atoms with Gasteiger partial charge in [0.15, 0.2) is 0 Å². The Bertz CT molecular complexity index is 64.5. The van der Waals surface area contributed by atoms with Gasteiger partial charge in [-0.25, -0.2) is 0 Å². The number of rotatable bonds is 2. The fraction of sp³-hybridized carbons (Fsp3) is 0.600. The average molecular weight is 212 g/mol. The monoisotopic (exact) mass is 212 g/mol. The summed E-state index contributed by atoms with van der Waals surface area (Å²) in [6.07, 6.45) is 2.79. The summed E-state index contributed by atoms with van der Waals surface area (Å²) in [6.45, 7) is 2.27. The van der Waals surface area contributed by atoms with E-state index in [1.54, 1.807) is 0 Å².